The van der Waals surface area contributed by atoms with Crippen LogP contribution < -0.4 is 11.0 Å². The van der Waals surface area contributed by atoms with Gasteiger partial charge in [-0.1, -0.05) is 18.2 Å². The molecular formula is C12H12FN5O. The maximum atomic E-state index is 13.5. The van der Waals surface area contributed by atoms with Gasteiger partial charge in [0.05, 0.1) is 5.71 Å². The van der Waals surface area contributed by atoms with Gasteiger partial charge in [-0.05, 0) is 19.9 Å². The summed E-state index contributed by atoms with van der Waals surface area (Å²) < 4.78 is 13.5. The smallest absolute Gasteiger partial charge is 0.274 e. The number of benzene rings is 1. The number of hydrogen-bond acceptors (Lipinski definition) is 5. The van der Waals surface area contributed by atoms with Crippen LogP contribution in [0.3, 0.4) is 0 Å². The van der Waals surface area contributed by atoms with Crippen LogP contribution >= 0.6 is 0 Å². The molecule has 0 bridgehead atoms. The van der Waals surface area contributed by atoms with Crippen LogP contribution in [0.1, 0.15) is 18.2 Å². The number of hydrazone groups is 1. The third-order valence-corrected chi connectivity index (χ3v) is 2.45. The predicted octanol–water partition coefficient (Wildman–Crippen LogP) is 1.45. The highest BCUT2D eigenvalue weighted by Gasteiger charge is 2.04. The monoisotopic (exact) mass is 261 g/mol. The topological polar surface area (TPSA) is 83.0 Å². The van der Waals surface area contributed by atoms with Gasteiger partial charge in [0, 0.05) is 5.56 Å². The fraction of sp³-hybridized carbons (Fsp3) is 0.167. The van der Waals surface area contributed by atoms with Gasteiger partial charge in [0.1, 0.15) is 11.5 Å². The Morgan fingerprint density at radius 2 is 2.11 bits per heavy atom. The van der Waals surface area contributed by atoms with E-state index in [1.165, 1.54) is 6.07 Å². The van der Waals surface area contributed by atoms with Gasteiger partial charge in [-0.25, -0.2) is 9.82 Å². The van der Waals surface area contributed by atoms with Gasteiger partial charge in [0.25, 0.3) is 5.56 Å². The van der Waals surface area contributed by atoms with Crippen molar-refractivity contribution in [3.05, 3.63) is 51.7 Å². The number of hydrogen-bond donors (Lipinski definition) is 2. The average molecular weight is 261 g/mol. The van der Waals surface area contributed by atoms with E-state index in [0.29, 0.717) is 11.3 Å². The van der Waals surface area contributed by atoms with Crippen LogP contribution in [0.25, 0.3) is 0 Å². The van der Waals surface area contributed by atoms with Crippen molar-refractivity contribution in [2.45, 2.75) is 13.8 Å². The Labute approximate surface area is 108 Å². The molecule has 6 nitrogen and oxygen atoms in total. The van der Waals surface area contributed by atoms with Gasteiger partial charge in [-0.2, -0.15) is 5.10 Å². The molecule has 0 saturated carbocycles. The molecule has 0 saturated heterocycles. The first-order chi connectivity index (χ1) is 9.08. The van der Waals surface area contributed by atoms with Gasteiger partial charge in [-0.15, -0.1) is 10.2 Å². The lowest BCUT2D eigenvalue weighted by molar-refractivity contribution is 0.625. The molecule has 19 heavy (non-hydrogen) atoms. The largest absolute Gasteiger partial charge is 0.288 e. The molecule has 1 heterocycles. The third kappa shape index (κ3) is 3.01. The fourth-order valence-corrected chi connectivity index (χ4v) is 1.40. The van der Waals surface area contributed by atoms with Gasteiger partial charge in [0.15, 0.2) is 0 Å². The Morgan fingerprint density at radius 3 is 2.79 bits per heavy atom. The normalized spacial score (nSPS) is 11.4. The molecule has 0 fully saturated rings. The molecule has 0 radical (unpaired) electrons. The molecule has 2 N–H and O–H groups in total. The van der Waals surface area contributed by atoms with Crippen molar-refractivity contribution < 1.29 is 4.39 Å². The molecule has 0 aliphatic carbocycles. The van der Waals surface area contributed by atoms with Gasteiger partial charge < -0.3 is 0 Å². The Morgan fingerprint density at radius 1 is 1.37 bits per heavy atom. The lowest BCUT2D eigenvalue weighted by Crippen LogP contribution is -2.16. The molecule has 0 unspecified atom stereocenters. The first kappa shape index (κ1) is 12.9. The first-order valence-electron chi connectivity index (χ1n) is 5.56. The number of nitrogens with zero attached hydrogens (tertiary/aromatic N) is 3. The van der Waals surface area contributed by atoms with E-state index >= 15 is 0 Å². The van der Waals surface area contributed by atoms with Crippen molar-refractivity contribution in [3.63, 3.8) is 0 Å². The zero-order valence-electron chi connectivity index (χ0n) is 10.4. The minimum absolute atomic E-state index is 0.103. The summed E-state index contributed by atoms with van der Waals surface area (Å²) in [6.45, 7) is 3.19. The van der Waals surface area contributed by atoms with Crippen molar-refractivity contribution in [1.29, 1.82) is 0 Å². The number of nitrogens with one attached hydrogen (secondary N) is 2. The zero-order valence-corrected chi connectivity index (χ0v) is 10.4. The molecule has 0 amide bonds. The van der Waals surface area contributed by atoms with Crippen LogP contribution in [0.15, 0.2) is 34.2 Å². The summed E-state index contributed by atoms with van der Waals surface area (Å²) in [6.07, 6.45) is 0. The summed E-state index contributed by atoms with van der Waals surface area (Å²) in [7, 11) is 0. The Kier molecular flexibility index (Phi) is 3.65. The van der Waals surface area contributed by atoms with E-state index in [9.17, 15) is 9.18 Å². The highest BCUT2D eigenvalue weighted by molar-refractivity contribution is 5.99. The van der Waals surface area contributed by atoms with Crippen molar-refractivity contribution in [2.75, 3.05) is 5.43 Å². The Bertz CT molecular complexity index is 680. The van der Waals surface area contributed by atoms with Crippen molar-refractivity contribution >= 4 is 11.7 Å². The van der Waals surface area contributed by atoms with E-state index in [2.05, 4.69) is 25.7 Å². The van der Waals surface area contributed by atoms with Crippen LogP contribution in [0.2, 0.25) is 0 Å². The molecule has 0 atom stereocenters. The van der Waals surface area contributed by atoms with E-state index < -0.39 is 0 Å². The molecule has 0 aliphatic rings. The maximum absolute atomic E-state index is 13.5. The second-order valence-electron chi connectivity index (χ2n) is 3.88. The molecule has 0 spiro atoms. The maximum Gasteiger partial charge on any atom is 0.274 e. The summed E-state index contributed by atoms with van der Waals surface area (Å²) in [5.74, 6) is -0.264. The van der Waals surface area contributed by atoms with Gasteiger partial charge in [0.2, 0.25) is 5.95 Å². The van der Waals surface area contributed by atoms with Crippen LogP contribution in [-0.4, -0.2) is 20.9 Å². The summed E-state index contributed by atoms with van der Waals surface area (Å²) in [4.78, 5) is 13.8. The third-order valence-electron chi connectivity index (χ3n) is 2.45. The second-order valence-corrected chi connectivity index (χ2v) is 3.88. The first-order valence-corrected chi connectivity index (χ1v) is 5.56. The summed E-state index contributed by atoms with van der Waals surface area (Å²) in [5.41, 5.74) is 3.25. The van der Waals surface area contributed by atoms with Crippen molar-refractivity contribution in [1.82, 2.24) is 15.2 Å². The molecule has 2 aromatic rings. The quantitative estimate of drug-likeness (QED) is 0.647. The zero-order chi connectivity index (χ0) is 13.8. The number of aryl methyl sites for hydroxylation is 1. The Hall–Kier alpha value is -2.57. The van der Waals surface area contributed by atoms with E-state index in [0.717, 1.165) is 0 Å². The number of aromatic nitrogens is 3. The molecule has 0 aliphatic heterocycles. The highest BCUT2D eigenvalue weighted by atomic mass is 19.1. The molecule has 7 heteroatoms. The van der Waals surface area contributed by atoms with Crippen LogP contribution in [-0.2, 0) is 0 Å². The van der Waals surface area contributed by atoms with Crippen LogP contribution in [0, 0.1) is 12.7 Å². The number of rotatable bonds is 3. The predicted molar refractivity (Wildman–Crippen MR) is 69.6 cm³/mol. The van der Waals surface area contributed by atoms with Gasteiger partial charge in [-0.3, -0.25) is 9.78 Å². The lowest BCUT2D eigenvalue weighted by Gasteiger charge is -2.03. The van der Waals surface area contributed by atoms with E-state index in [1.54, 1.807) is 32.0 Å². The van der Waals surface area contributed by atoms with Gasteiger partial charge >= 0.3 is 0 Å². The molecule has 98 valence electrons. The number of halogens is 1. The molecular weight excluding hydrogens is 249 g/mol. The van der Waals surface area contributed by atoms with E-state index in [-0.39, 0.29) is 23.0 Å². The standard InChI is InChI=1S/C12H12FN5O/c1-7(9-5-3-4-6-10(9)13)15-17-12-14-11(19)8(2)16-18-12/h3-6H,1-2H3,(H2,14,17,18,19)/b15-7+. The number of aromatic amines is 1. The van der Waals surface area contributed by atoms with Crippen molar-refractivity contribution in [2.24, 2.45) is 5.10 Å². The van der Waals surface area contributed by atoms with Crippen molar-refractivity contribution in [3.8, 4) is 0 Å². The SMILES string of the molecule is C/C(=N\Nc1nnc(C)c(=O)[nH]1)c1ccccc1F. The van der Waals surface area contributed by atoms with Crippen LogP contribution in [0.5, 0.6) is 0 Å². The summed E-state index contributed by atoms with van der Waals surface area (Å²) in [5, 5.41) is 11.3. The summed E-state index contributed by atoms with van der Waals surface area (Å²) in [6, 6.07) is 6.27. The van der Waals surface area contributed by atoms with E-state index in [4.69, 9.17) is 0 Å². The average Bonchev–Trinajstić information content (AvgIpc) is 2.40. The lowest BCUT2D eigenvalue weighted by atomic mass is 10.1. The molecule has 2 rings (SSSR count). The van der Waals surface area contributed by atoms with E-state index in [1.807, 2.05) is 0 Å². The number of H-pyrrole nitrogens is 1. The fourth-order valence-electron chi connectivity index (χ4n) is 1.40. The summed E-state index contributed by atoms with van der Waals surface area (Å²) >= 11 is 0. The second kappa shape index (κ2) is 5.38. The minimum Gasteiger partial charge on any atom is -0.288 e. The van der Waals surface area contributed by atoms with Crippen LogP contribution in [0.4, 0.5) is 10.3 Å². The molecule has 1 aromatic heterocycles. The Balaban J connectivity index is 2.21. The number of anilines is 1. The highest BCUT2D eigenvalue weighted by Crippen LogP contribution is 2.07. The molecule has 1 aromatic carbocycles. The minimum atomic E-state index is -0.367.